The molecule has 3 heterocycles. The highest BCUT2D eigenvalue weighted by Gasteiger charge is 2.33. The number of anilines is 1. The van der Waals surface area contributed by atoms with Crippen molar-refractivity contribution in [2.24, 2.45) is 0 Å². The Labute approximate surface area is 157 Å². The maximum absolute atomic E-state index is 12.7. The maximum atomic E-state index is 12.7. The van der Waals surface area contributed by atoms with Gasteiger partial charge < -0.3 is 10.2 Å². The molecule has 1 N–H and O–H groups in total. The molecule has 0 spiro atoms. The number of alkyl halides is 3. The Morgan fingerprint density at radius 1 is 1.07 bits per heavy atom. The number of carbonyl (C=O) groups is 1. The molecule has 6 nitrogen and oxygen atoms in total. The van der Waals surface area contributed by atoms with E-state index in [1.807, 2.05) is 4.90 Å². The van der Waals surface area contributed by atoms with E-state index < -0.39 is 11.9 Å². The molecule has 2 aliphatic rings. The van der Waals surface area contributed by atoms with Gasteiger partial charge in [-0.25, -0.2) is 9.97 Å². The molecule has 3 rings (SSSR count). The number of nitrogens with zero attached hydrogens (tertiary/aromatic N) is 4. The molecule has 0 saturated carbocycles. The van der Waals surface area contributed by atoms with Crippen molar-refractivity contribution in [2.45, 2.75) is 50.7 Å². The fourth-order valence-corrected chi connectivity index (χ4v) is 3.65. The minimum atomic E-state index is -4.48. The zero-order valence-corrected chi connectivity index (χ0v) is 15.3. The smallest absolute Gasteiger partial charge is 0.367 e. The zero-order chi connectivity index (χ0) is 19.3. The summed E-state index contributed by atoms with van der Waals surface area (Å²) < 4.78 is 38.2. The fraction of sp³-hybridized carbons (Fsp3) is 0.722. The van der Waals surface area contributed by atoms with Gasteiger partial charge in [-0.15, -0.1) is 0 Å². The van der Waals surface area contributed by atoms with E-state index in [0.717, 1.165) is 64.3 Å². The molecular formula is C18H26F3N5O. The van der Waals surface area contributed by atoms with Gasteiger partial charge in [0.1, 0.15) is 17.8 Å². The lowest BCUT2D eigenvalue weighted by molar-refractivity contribution is -0.141. The first kappa shape index (κ1) is 19.9. The first-order valence-electron chi connectivity index (χ1n) is 9.58. The summed E-state index contributed by atoms with van der Waals surface area (Å²) in [6.07, 6.45) is 2.53. The van der Waals surface area contributed by atoms with Crippen molar-refractivity contribution in [3.8, 4) is 0 Å². The Balaban J connectivity index is 1.45. The molecule has 0 atom stereocenters. The van der Waals surface area contributed by atoms with Crippen LogP contribution in [0.15, 0.2) is 12.4 Å². The number of hydrogen-bond donors (Lipinski definition) is 1. The van der Waals surface area contributed by atoms with Gasteiger partial charge in [0, 0.05) is 38.3 Å². The van der Waals surface area contributed by atoms with Crippen molar-refractivity contribution >= 4 is 11.7 Å². The largest absolute Gasteiger partial charge is 0.433 e. The monoisotopic (exact) mass is 385 g/mol. The van der Waals surface area contributed by atoms with E-state index in [2.05, 4.69) is 20.2 Å². The van der Waals surface area contributed by atoms with Crippen LogP contribution in [-0.4, -0.2) is 64.4 Å². The molecule has 1 aromatic heterocycles. The van der Waals surface area contributed by atoms with Crippen LogP contribution in [0.1, 0.15) is 44.2 Å². The van der Waals surface area contributed by atoms with E-state index in [1.165, 1.54) is 12.8 Å². The maximum Gasteiger partial charge on any atom is 0.433 e. The summed E-state index contributed by atoms with van der Waals surface area (Å²) in [5.41, 5.74) is -0.944. The summed E-state index contributed by atoms with van der Waals surface area (Å²) >= 11 is 0. The van der Waals surface area contributed by atoms with Crippen LogP contribution in [0.4, 0.5) is 19.0 Å². The van der Waals surface area contributed by atoms with Crippen LogP contribution in [0, 0.1) is 0 Å². The topological polar surface area (TPSA) is 61.4 Å². The standard InChI is InChI=1S/C18H26F3N5O/c19-18(20,21)15-11-16(23-13-22-15)24-14-5-9-25(10-6-14)12-17(27)26-7-3-1-2-4-8-26/h11,13-14H,1-10,12H2,(H,22,23,24). The Morgan fingerprint density at radius 2 is 1.74 bits per heavy atom. The number of nitrogens with one attached hydrogen (secondary N) is 1. The van der Waals surface area contributed by atoms with Crippen LogP contribution >= 0.6 is 0 Å². The first-order chi connectivity index (χ1) is 12.9. The van der Waals surface area contributed by atoms with Gasteiger partial charge in [-0.1, -0.05) is 12.8 Å². The summed E-state index contributed by atoms with van der Waals surface area (Å²) in [5.74, 6) is 0.380. The van der Waals surface area contributed by atoms with Gasteiger partial charge in [-0.3, -0.25) is 9.69 Å². The van der Waals surface area contributed by atoms with E-state index in [-0.39, 0.29) is 17.8 Å². The van der Waals surface area contributed by atoms with Crippen molar-refractivity contribution in [3.63, 3.8) is 0 Å². The normalized spacial score (nSPS) is 20.3. The molecule has 2 fully saturated rings. The molecule has 0 unspecified atom stereocenters. The number of hydrogen-bond acceptors (Lipinski definition) is 5. The lowest BCUT2D eigenvalue weighted by Crippen LogP contribution is -2.45. The summed E-state index contributed by atoms with van der Waals surface area (Å²) in [6.45, 7) is 3.62. The van der Waals surface area contributed by atoms with Crippen LogP contribution in [0.2, 0.25) is 0 Å². The highest BCUT2D eigenvalue weighted by atomic mass is 19.4. The number of amides is 1. The predicted octanol–water partition coefficient (Wildman–Crippen LogP) is 2.77. The minimum Gasteiger partial charge on any atom is -0.367 e. The van der Waals surface area contributed by atoms with Crippen LogP contribution in [-0.2, 0) is 11.0 Å². The van der Waals surface area contributed by atoms with Gasteiger partial charge in [0.05, 0.1) is 6.54 Å². The van der Waals surface area contributed by atoms with E-state index in [9.17, 15) is 18.0 Å². The molecule has 9 heteroatoms. The summed E-state index contributed by atoms with van der Waals surface area (Å²) in [7, 11) is 0. The molecule has 0 aromatic carbocycles. The second-order valence-electron chi connectivity index (χ2n) is 7.28. The number of halogens is 3. The zero-order valence-electron chi connectivity index (χ0n) is 15.3. The molecule has 0 bridgehead atoms. The summed E-state index contributed by atoms with van der Waals surface area (Å²) in [6, 6.07) is 0.987. The second kappa shape index (κ2) is 8.86. The lowest BCUT2D eigenvalue weighted by Gasteiger charge is -2.33. The predicted molar refractivity (Wildman–Crippen MR) is 95.2 cm³/mol. The third-order valence-electron chi connectivity index (χ3n) is 5.21. The molecule has 1 aromatic rings. The Hall–Kier alpha value is -1.90. The number of aromatic nitrogens is 2. The van der Waals surface area contributed by atoms with Crippen molar-refractivity contribution in [1.29, 1.82) is 0 Å². The van der Waals surface area contributed by atoms with Gasteiger partial charge >= 0.3 is 6.18 Å². The van der Waals surface area contributed by atoms with Crippen LogP contribution in [0.5, 0.6) is 0 Å². The summed E-state index contributed by atoms with van der Waals surface area (Å²) in [5, 5.41) is 3.07. The molecule has 2 saturated heterocycles. The Morgan fingerprint density at radius 3 is 2.37 bits per heavy atom. The highest BCUT2D eigenvalue weighted by molar-refractivity contribution is 5.78. The molecule has 150 valence electrons. The summed E-state index contributed by atoms with van der Waals surface area (Å²) in [4.78, 5) is 23.7. The third kappa shape index (κ3) is 5.79. The van der Waals surface area contributed by atoms with Crippen molar-refractivity contribution in [2.75, 3.05) is 38.0 Å². The van der Waals surface area contributed by atoms with Crippen LogP contribution < -0.4 is 5.32 Å². The molecule has 2 aliphatic heterocycles. The average molecular weight is 385 g/mol. The quantitative estimate of drug-likeness (QED) is 0.864. The van der Waals surface area contributed by atoms with Crippen molar-refractivity contribution in [1.82, 2.24) is 19.8 Å². The highest BCUT2D eigenvalue weighted by Crippen LogP contribution is 2.28. The molecular weight excluding hydrogens is 359 g/mol. The Bertz CT molecular complexity index is 624. The third-order valence-corrected chi connectivity index (χ3v) is 5.21. The van der Waals surface area contributed by atoms with E-state index in [1.54, 1.807) is 0 Å². The van der Waals surface area contributed by atoms with E-state index >= 15 is 0 Å². The molecule has 27 heavy (non-hydrogen) atoms. The number of likely N-dealkylation sites (tertiary alicyclic amines) is 2. The van der Waals surface area contributed by atoms with Gasteiger partial charge in [-0.05, 0) is 25.7 Å². The number of piperidine rings is 1. The van der Waals surface area contributed by atoms with Crippen LogP contribution in [0.3, 0.4) is 0 Å². The molecule has 0 aliphatic carbocycles. The van der Waals surface area contributed by atoms with Gasteiger partial charge in [0.15, 0.2) is 0 Å². The first-order valence-corrected chi connectivity index (χ1v) is 9.58. The average Bonchev–Trinajstić information content (AvgIpc) is 2.92. The lowest BCUT2D eigenvalue weighted by atomic mass is 10.0. The minimum absolute atomic E-state index is 0.0468. The van der Waals surface area contributed by atoms with Crippen molar-refractivity contribution in [3.05, 3.63) is 18.1 Å². The number of rotatable bonds is 4. The van der Waals surface area contributed by atoms with Gasteiger partial charge in [0.2, 0.25) is 5.91 Å². The number of carbonyl (C=O) groups excluding carboxylic acids is 1. The van der Waals surface area contributed by atoms with Crippen molar-refractivity contribution < 1.29 is 18.0 Å². The fourth-order valence-electron chi connectivity index (χ4n) is 3.65. The SMILES string of the molecule is O=C(CN1CCC(Nc2cc(C(F)(F)F)ncn2)CC1)N1CCCCCC1. The van der Waals surface area contributed by atoms with Gasteiger partial charge in [0.25, 0.3) is 0 Å². The van der Waals surface area contributed by atoms with E-state index in [4.69, 9.17) is 0 Å². The Kier molecular flexibility index (Phi) is 6.51. The molecule has 0 radical (unpaired) electrons. The second-order valence-corrected chi connectivity index (χ2v) is 7.28. The van der Waals surface area contributed by atoms with Gasteiger partial charge in [-0.2, -0.15) is 13.2 Å². The molecule has 1 amide bonds. The van der Waals surface area contributed by atoms with Crippen LogP contribution in [0.25, 0.3) is 0 Å². The van der Waals surface area contributed by atoms with E-state index in [0.29, 0.717) is 6.54 Å².